The van der Waals surface area contributed by atoms with Gasteiger partial charge in [0.05, 0.1) is 7.11 Å². The average Bonchev–Trinajstić information content (AvgIpc) is 2.59. The smallest absolute Gasteiger partial charge is 0.135 e. The van der Waals surface area contributed by atoms with E-state index in [-0.39, 0.29) is 4.58 Å². The van der Waals surface area contributed by atoms with Crippen molar-refractivity contribution < 1.29 is 13.2 Å². The van der Waals surface area contributed by atoms with Gasteiger partial charge in [-0.05, 0) is 17.7 Å². The Balaban J connectivity index is 2.29. The van der Waals surface area contributed by atoms with Crippen LogP contribution in [0.2, 0.25) is 0 Å². The number of rotatable bonds is 2. The van der Waals surface area contributed by atoms with Gasteiger partial charge in [0.2, 0.25) is 0 Å². The Bertz CT molecular complexity index is 384. The van der Waals surface area contributed by atoms with Crippen LogP contribution in [0.4, 0.5) is 0 Å². The molecule has 1 aliphatic rings. The van der Waals surface area contributed by atoms with Crippen LogP contribution >= 0.6 is 0 Å². The fourth-order valence-corrected chi connectivity index (χ4v) is 5.76. The first-order chi connectivity index (χ1) is 7.22. The highest BCUT2D eigenvalue weighted by atomic mass is 32.3. The van der Waals surface area contributed by atoms with Crippen LogP contribution in [0.3, 0.4) is 0 Å². The molecule has 0 aliphatic carbocycles. The monoisotopic (exact) mass is 244 g/mol. The fourth-order valence-electron chi connectivity index (χ4n) is 1.56. The second-order valence-corrected chi connectivity index (χ2v) is 6.86. The summed E-state index contributed by atoms with van der Waals surface area (Å²) in [6.45, 7) is 0. The summed E-state index contributed by atoms with van der Waals surface area (Å²) in [5.41, 5.74) is 0.880. The lowest BCUT2D eigenvalue weighted by atomic mass is 10.2. The van der Waals surface area contributed by atoms with Gasteiger partial charge in [0, 0.05) is 33.1 Å². The Kier molecular flexibility index (Phi) is 3.21. The molecule has 0 spiro atoms. The molecule has 15 heavy (non-hydrogen) atoms. The van der Waals surface area contributed by atoms with Gasteiger partial charge in [0.25, 0.3) is 0 Å². The molecule has 82 valence electrons. The molecule has 3 nitrogen and oxygen atoms in total. The summed E-state index contributed by atoms with van der Waals surface area (Å²) in [5.74, 6) is 1.85. The third kappa shape index (κ3) is 2.13. The van der Waals surface area contributed by atoms with Gasteiger partial charge in [-0.3, -0.25) is 8.42 Å². The third-order valence-electron chi connectivity index (χ3n) is 2.35. The Labute approximate surface area is 93.7 Å². The lowest BCUT2D eigenvalue weighted by molar-refractivity contribution is 0.414. The summed E-state index contributed by atoms with van der Waals surface area (Å²) in [5, 5.41) is 0. The van der Waals surface area contributed by atoms with E-state index in [1.165, 1.54) is 0 Å². The third-order valence-corrected chi connectivity index (χ3v) is 6.61. The van der Waals surface area contributed by atoms with Crippen molar-refractivity contribution in [1.29, 1.82) is 0 Å². The molecule has 1 heterocycles. The second-order valence-electron chi connectivity index (χ2n) is 3.27. The van der Waals surface area contributed by atoms with Crippen LogP contribution in [0.5, 0.6) is 5.75 Å². The minimum atomic E-state index is -0.991. The van der Waals surface area contributed by atoms with E-state index < -0.39 is 21.6 Å². The van der Waals surface area contributed by atoms with Crippen LogP contribution in [-0.2, 0) is 21.6 Å². The molecule has 0 N–H and O–H groups in total. The molecule has 1 aliphatic heterocycles. The molecule has 0 bridgehead atoms. The molecule has 0 aromatic heterocycles. The maximum absolute atomic E-state index is 11.6. The van der Waals surface area contributed by atoms with Crippen molar-refractivity contribution in [3.05, 3.63) is 29.8 Å². The van der Waals surface area contributed by atoms with E-state index in [1.807, 2.05) is 24.3 Å². The Morgan fingerprint density at radius 3 is 2.13 bits per heavy atom. The Hall–Kier alpha value is -0.680. The van der Waals surface area contributed by atoms with Crippen LogP contribution in [0.1, 0.15) is 10.1 Å². The summed E-state index contributed by atoms with van der Waals surface area (Å²) in [7, 11) is -0.384. The number of benzene rings is 1. The zero-order valence-electron chi connectivity index (χ0n) is 8.34. The highest BCUT2D eigenvalue weighted by molar-refractivity contribution is 8.05. The molecule has 1 aromatic rings. The van der Waals surface area contributed by atoms with E-state index in [0.29, 0.717) is 11.5 Å². The van der Waals surface area contributed by atoms with E-state index in [9.17, 15) is 8.42 Å². The van der Waals surface area contributed by atoms with Crippen molar-refractivity contribution >= 4 is 21.6 Å². The van der Waals surface area contributed by atoms with E-state index >= 15 is 0 Å². The predicted molar refractivity (Wildman–Crippen MR) is 61.8 cm³/mol. The van der Waals surface area contributed by atoms with Crippen LogP contribution < -0.4 is 4.74 Å². The van der Waals surface area contributed by atoms with Crippen molar-refractivity contribution in [2.45, 2.75) is 4.58 Å². The van der Waals surface area contributed by atoms with Crippen LogP contribution in [0, 0.1) is 0 Å². The summed E-state index contributed by atoms with van der Waals surface area (Å²) in [6, 6.07) is 7.29. The molecule has 0 amide bonds. The molecular formula is C10H12O3S2. The molecule has 1 fully saturated rings. The van der Waals surface area contributed by atoms with Gasteiger partial charge in [0.15, 0.2) is 0 Å². The first kappa shape index (κ1) is 10.8. The SMILES string of the molecule is COc1ccc(C2S(=O)CCS2=O)cc1. The Morgan fingerprint density at radius 2 is 1.67 bits per heavy atom. The van der Waals surface area contributed by atoms with Gasteiger partial charge in [-0.2, -0.15) is 0 Å². The Morgan fingerprint density at radius 1 is 1.13 bits per heavy atom. The van der Waals surface area contributed by atoms with Gasteiger partial charge in [0.1, 0.15) is 10.3 Å². The van der Waals surface area contributed by atoms with Gasteiger partial charge in [-0.25, -0.2) is 0 Å². The lowest BCUT2D eigenvalue weighted by Crippen LogP contribution is -2.04. The first-order valence-electron chi connectivity index (χ1n) is 4.60. The molecule has 2 unspecified atom stereocenters. The zero-order chi connectivity index (χ0) is 10.8. The molecule has 0 radical (unpaired) electrons. The number of hydrogen-bond donors (Lipinski definition) is 0. The van der Waals surface area contributed by atoms with Crippen molar-refractivity contribution in [3.63, 3.8) is 0 Å². The van der Waals surface area contributed by atoms with E-state index in [1.54, 1.807) is 7.11 Å². The maximum atomic E-state index is 11.6. The number of hydrogen-bond acceptors (Lipinski definition) is 3. The highest BCUT2D eigenvalue weighted by Gasteiger charge is 2.31. The highest BCUT2D eigenvalue weighted by Crippen LogP contribution is 2.30. The van der Waals surface area contributed by atoms with Crippen molar-refractivity contribution in [1.82, 2.24) is 0 Å². The van der Waals surface area contributed by atoms with Gasteiger partial charge >= 0.3 is 0 Å². The lowest BCUT2D eigenvalue weighted by Gasteiger charge is -2.08. The van der Waals surface area contributed by atoms with Crippen LogP contribution in [-0.4, -0.2) is 27.0 Å². The fraction of sp³-hybridized carbons (Fsp3) is 0.400. The van der Waals surface area contributed by atoms with Crippen LogP contribution in [0.15, 0.2) is 24.3 Å². The summed E-state index contributed by atoms with van der Waals surface area (Å²) in [4.78, 5) is 0. The van der Waals surface area contributed by atoms with E-state index in [4.69, 9.17) is 4.74 Å². The number of methoxy groups -OCH3 is 1. The van der Waals surface area contributed by atoms with Gasteiger partial charge < -0.3 is 4.74 Å². The van der Waals surface area contributed by atoms with Crippen molar-refractivity contribution in [2.75, 3.05) is 18.6 Å². The second kappa shape index (κ2) is 4.45. The summed E-state index contributed by atoms with van der Waals surface area (Å²) >= 11 is 0. The molecule has 1 saturated heterocycles. The molecule has 0 saturated carbocycles. The minimum Gasteiger partial charge on any atom is -0.497 e. The first-order valence-corrected chi connectivity index (χ1v) is 7.37. The molecule has 5 heteroatoms. The normalized spacial score (nSPS) is 30.3. The summed E-state index contributed by atoms with van der Waals surface area (Å²) < 4.78 is 28.0. The zero-order valence-corrected chi connectivity index (χ0v) is 9.98. The topological polar surface area (TPSA) is 43.4 Å². The standard InChI is InChI=1S/C10H12O3S2/c1-13-9-4-2-8(3-5-9)10-14(11)6-7-15(10)12/h2-5,10H,6-7H2,1H3. The van der Waals surface area contributed by atoms with Crippen LogP contribution in [0.25, 0.3) is 0 Å². The largest absolute Gasteiger partial charge is 0.497 e. The number of ether oxygens (including phenoxy) is 1. The quantitative estimate of drug-likeness (QED) is 0.785. The molecule has 1 aromatic carbocycles. The average molecular weight is 244 g/mol. The maximum Gasteiger partial charge on any atom is 0.135 e. The van der Waals surface area contributed by atoms with Crippen molar-refractivity contribution in [3.8, 4) is 5.75 Å². The molecular weight excluding hydrogens is 232 g/mol. The van der Waals surface area contributed by atoms with Crippen molar-refractivity contribution in [2.24, 2.45) is 0 Å². The molecule has 2 atom stereocenters. The summed E-state index contributed by atoms with van der Waals surface area (Å²) in [6.07, 6.45) is 0. The van der Waals surface area contributed by atoms with Gasteiger partial charge in [-0.1, -0.05) is 12.1 Å². The van der Waals surface area contributed by atoms with Gasteiger partial charge in [-0.15, -0.1) is 0 Å². The molecule has 2 rings (SSSR count). The minimum absolute atomic E-state index is 0.309. The predicted octanol–water partition coefficient (Wildman–Crippen LogP) is 1.20. The van der Waals surface area contributed by atoms with E-state index in [2.05, 4.69) is 0 Å². The van der Waals surface area contributed by atoms with E-state index in [0.717, 1.165) is 11.3 Å².